The number of hydrogen-bond acceptors (Lipinski definition) is 3. The summed E-state index contributed by atoms with van der Waals surface area (Å²) < 4.78 is 0. The number of rotatable bonds is 0. The smallest absolute Gasteiger partial charge is 0.131 e. The quantitative estimate of drug-likeness (QED) is 0.436. The van der Waals surface area contributed by atoms with Gasteiger partial charge in [-0.05, 0) is 17.9 Å². The third kappa shape index (κ3) is 0.983. The molecule has 0 saturated heterocycles. The first kappa shape index (κ1) is 8.04. The van der Waals surface area contributed by atoms with Crippen LogP contribution in [0.4, 0.5) is 0 Å². The van der Waals surface area contributed by atoms with Crippen molar-refractivity contribution < 1.29 is 5.11 Å². The van der Waals surface area contributed by atoms with Crippen LogP contribution >= 0.6 is 0 Å². The summed E-state index contributed by atoms with van der Waals surface area (Å²) in [7, 11) is 0. The predicted molar refractivity (Wildman–Crippen MR) is 45.0 cm³/mol. The van der Waals surface area contributed by atoms with Crippen LogP contribution in [0.3, 0.4) is 0 Å². The van der Waals surface area contributed by atoms with Crippen LogP contribution in [0, 0.1) is 34.5 Å². The van der Waals surface area contributed by atoms with Crippen LogP contribution in [0.1, 0.15) is 6.42 Å². The van der Waals surface area contributed by atoms with Gasteiger partial charge in [0, 0.05) is 5.92 Å². The summed E-state index contributed by atoms with van der Waals surface area (Å²) in [4.78, 5) is 0. The summed E-state index contributed by atoms with van der Waals surface area (Å²) in [6, 6.07) is 3.65. The van der Waals surface area contributed by atoms with Gasteiger partial charge in [-0.2, -0.15) is 10.5 Å². The van der Waals surface area contributed by atoms with Crippen LogP contribution in [0.25, 0.3) is 0 Å². The Bertz CT molecular complexity index is 365. The Morgan fingerprint density at radius 3 is 2.38 bits per heavy atom. The first-order valence-electron chi connectivity index (χ1n) is 4.17. The van der Waals surface area contributed by atoms with E-state index in [4.69, 9.17) is 10.5 Å². The Balaban J connectivity index is 2.36. The van der Waals surface area contributed by atoms with Crippen LogP contribution in [-0.2, 0) is 0 Å². The normalized spacial score (nSPS) is 34.4. The molecule has 1 fully saturated rings. The summed E-state index contributed by atoms with van der Waals surface area (Å²) in [5.41, 5.74) is 0.703. The van der Waals surface area contributed by atoms with E-state index in [2.05, 4.69) is 0 Å². The van der Waals surface area contributed by atoms with Gasteiger partial charge in [-0.15, -0.1) is 0 Å². The lowest BCUT2D eigenvalue weighted by Gasteiger charge is -2.22. The molecule has 0 aromatic carbocycles. The first-order valence-corrected chi connectivity index (χ1v) is 4.17. The standard InChI is InChI=1S/C10H8N2O/c11-4-7(5-12)9-3-6-1-2-8(6)10(9)13/h1-2,6,8,10,13H,3H2/t6-,8-,10-/m1/s1. The Morgan fingerprint density at radius 1 is 1.38 bits per heavy atom. The Labute approximate surface area is 76.2 Å². The highest BCUT2D eigenvalue weighted by atomic mass is 16.3. The van der Waals surface area contributed by atoms with Crippen molar-refractivity contribution in [3.63, 3.8) is 0 Å². The van der Waals surface area contributed by atoms with Crippen molar-refractivity contribution in [2.75, 3.05) is 0 Å². The van der Waals surface area contributed by atoms with Gasteiger partial charge in [-0.3, -0.25) is 0 Å². The number of aliphatic hydroxyl groups is 1. The van der Waals surface area contributed by atoms with Gasteiger partial charge in [0.05, 0.1) is 6.10 Å². The van der Waals surface area contributed by atoms with Gasteiger partial charge in [0.15, 0.2) is 0 Å². The summed E-state index contributed by atoms with van der Waals surface area (Å²) in [5.74, 6) is 0.494. The molecule has 3 atom stereocenters. The maximum absolute atomic E-state index is 9.70. The largest absolute Gasteiger partial charge is 0.388 e. The van der Waals surface area contributed by atoms with Gasteiger partial charge < -0.3 is 5.11 Å². The van der Waals surface area contributed by atoms with E-state index in [9.17, 15) is 5.11 Å². The van der Waals surface area contributed by atoms with E-state index in [1.165, 1.54) is 0 Å². The number of aliphatic hydroxyl groups excluding tert-OH is 1. The van der Waals surface area contributed by atoms with E-state index in [1.807, 2.05) is 24.3 Å². The van der Waals surface area contributed by atoms with Crippen molar-refractivity contribution in [3.05, 3.63) is 23.3 Å². The van der Waals surface area contributed by atoms with Gasteiger partial charge in [-0.25, -0.2) is 0 Å². The van der Waals surface area contributed by atoms with Crippen molar-refractivity contribution >= 4 is 0 Å². The molecule has 2 aliphatic carbocycles. The van der Waals surface area contributed by atoms with Gasteiger partial charge in [0.1, 0.15) is 17.7 Å². The maximum Gasteiger partial charge on any atom is 0.131 e. The highest BCUT2D eigenvalue weighted by Gasteiger charge is 2.41. The average molecular weight is 172 g/mol. The summed E-state index contributed by atoms with van der Waals surface area (Å²) >= 11 is 0. The molecule has 64 valence electrons. The van der Waals surface area contributed by atoms with E-state index < -0.39 is 6.10 Å². The molecule has 0 radical (unpaired) electrons. The Morgan fingerprint density at radius 2 is 2.08 bits per heavy atom. The molecule has 0 aromatic heterocycles. The molecule has 0 aliphatic heterocycles. The Kier molecular flexibility index (Phi) is 1.69. The number of nitrogens with zero attached hydrogens (tertiary/aromatic N) is 2. The van der Waals surface area contributed by atoms with Crippen molar-refractivity contribution in [3.8, 4) is 12.1 Å². The van der Waals surface area contributed by atoms with Crippen LogP contribution in [0.2, 0.25) is 0 Å². The number of hydrogen-bond donors (Lipinski definition) is 1. The van der Waals surface area contributed by atoms with Gasteiger partial charge in [0.25, 0.3) is 0 Å². The molecule has 2 rings (SSSR count). The molecule has 0 aromatic rings. The monoisotopic (exact) mass is 172 g/mol. The molecule has 13 heavy (non-hydrogen) atoms. The molecule has 3 heteroatoms. The zero-order valence-corrected chi connectivity index (χ0v) is 6.94. The van der Waals surface area contributed by atoms with Crippen molar-refractivity contribution in [1.29, 1.82) is 10.5 Å². The van der Waals surface area contributed by atoms with Crippen LogP contribution in [0.15, 0.2) is 23.3 Å². The lowest BCUT2D eigenvalue weighted by atomic mass is 9.85. The predicted octanol–water partition coefficient (Wildman–Crippen LogP) is 0.897. The molecule has 0 bridgehead atoms. The molecule has 1 saturated carbocycles. The highest BCUT2D eigenvalue weighted by molar-refractivity contribution is 5.46. The second-order valence-electron chi connectivity index (χ2n) is 3.40. The molecule has 1 N–H and O–H groups in total. The number of allylic oxidation sites excluding steroid dienone is 2. The van der Waals surface area contributed by atoms with Crippen LogP contribution in [0.5, 0.6) is 0 Å². The molecule has 0 spiro atoms. The third-order valence-electron chi connectivity index (χ3n) is 2.80. The summed E-state index contributed by atoms with van der Waals surface area (Å²) in [6.07, 6.45) is 4.02. The second-order valence-corrected chi connectivity index (χ2v) is 3.40. The molecular weight excluding hydrogens is 164 g/mol. The minimum Gasteiger partial charge on any atom is -0.388 e. The first-order chi connectivity index (χ1) is 6.27. The fourth-order valence-corrected chi connectivity index (χ4v) is 1.97. The maximum atomic E-state index is 9.70. The van der Waals surface area contributed by atoms with Gasteiger partial charge in [0.2, 0.25) is 0 Å². The fourth-order valence-electron chi connectivity index (χ4n) is 1.97. The average Bonchev–Trinajstić information content (AvgIpc) is 2.28. The van der Waals surface area contributed by atoms with E-state index >= 15 is 0 Å². The Hall–Kier alpha value is -1.58. The third-order valence-corrected chi connectivity index (χ3v) is 2.80. The van der Waals surface area contributed by atoms with E-state index in [0.717, 1.165) is 0 Å². The molecule has 0 unspecified atom stereocenters. The summed E-state index contributed by atoms with van der Waals surface area (Å²) in [6.45, 7) is 0. The fraction of sp³-hybridized carbons (Fsp3) is 0.400. The van der Waals surface area contributed by atoms with Gasteiger partial charge in [-0.1, -0.05) is 12.2 Å². The van der Waals surface area contributed by atoms with E-state index in [0.29, 0.717) is 17.9 Å². The zero-order valence-electron chi connectivity index (χ0n) is 6.94. The molecule has 3 nitrogen and oxygen atoms in total. The van der Waals surface area contributed by atoms with Crippen LogP contribution in [-0.4, -0.2) is 11.2 Å². The minimum atomic E-state index is -0.607. The molecular formula is C10H8N2O. The van der Waals surface area contributed by atoms with Crippen molar-refractivity contribution in [1.82, 2.24) is 0 Å². The summed E-state index contributed by atoms with van der Waals surface area (Å²) in [5, 5.41) is 27.0. The lowest BCUT2D eigenvalue weighted by molar-refractivity contribution is 0.166. The van der Waals surface area contributed by atoms with Gasteiger partial charge >= 0.3 is 0 Å². The number of nitriles is 2. The van der Waals surface area contributed by atoms with Crippen molar-refractivity contribution in [2.24, 2.45) is 11.8 Å². The molecule has 0 amide bonds. The zero-order chi connectivity index (χ0) is 9.42. The second kappa shape index (κ2) is 2.73. The molecule has 2 aliphatic rings. The topological polar surface area (TPSA) is 67.8 Å². The van der Waals surface area contributed by atoms with E-state index in [-0.39, 0.29) is 11.5 Å². The van der Waals surface area contributed by atoms with Crippen LogP contribution < -0.4 is 0 Å². The highest BCUT2D eigenvalue weighted by Crippen LogP contribution is 2.44. The lowest BCUT2D eigenvalue weighted by Crippen LogP contribution is -2.22. The minimum absolute atomic E-state index is 0.0868. The molecule has 0 heterocycles. The SMILES string of the molecule is N#CC(C#N)=C1C[C@H]2C=C[C@H]2[C@H]1O. The van der Waals surface area contributed by atoms with E-state index in [1.54, 1.807) is 0 Å². The number of fused-ring (bicyclic) bond motifs is 1. The van der Waals surface area contributed by atoms with Crippen molar-refractivity contribution in [2.45, 2.75) is 12.5 Å².